The molecule has 2 heteroatoms. The van der Waals surface area contributed by atoms with Crippen LogP contribution in [0.15, 0.2) is 206 Å². The lowest BCUT2D eigenvalue weighted by atomic mass is 9.69. The molecule has 0 radical (unpaired) electrons. The lowest BCUT2D eigenvalue weighted by Crippen LogP contribution is -2.26. The van der Waals surface area contributed by atoms with E-state index in [1.165, 1.54) is 94.0 Å². The second-order valence-electron chi connectivity index (χ2n) is 20.5. The number of hydrogen-bond donors (Lipinski definition) is 0. The maximum absolute atomic E-state index is 2.57. The number of fused-ring (bicyclic) bond motifs is 14. The number of aryl methyl sites for hydroxylation is 1. The number of anilines is 6. The van der Waals surface area contributed by atoms with E-state index in [1.54, 1.807) is 0 Å². The summed E-state index contributed by atoms with van der Waals surface area (Å²) in [5, 5.41) is 4.99. The average Bonchev–Trinajstić information content (AvgIpc) is 3.87. The summed E-state index contributed by atoms with van der Waals surface area (Å²) in [6, 6.07) is 79.0. The molecule has 0 saturated heterocycles. The summed E-state index contributed by atoms with van der Waals surface area (Å²) in [5.74, 6) is 1.35. The lowest BCUT2D eigenvalue weighted by Gasteiger charge is -2.34. The minimum absolute atomic E-state index is 0.439. The Balaban J connectivity index is 1.14. The van der Waals surface area contributed by atoms with Crippen molar-refractivity contribution in [2.24, 2.45) is 0 Å². The molecule has 0 atom stereocenters. The summed E-state index contributed by atoms with van der Waals surface area (Å²) >= 11 is 0. The van der Waals surface area contributed by atoms with Crippen molar-refractivity contribution in [3.63, 3.8) is 0 Å². The van der Waals surface area contributed by atoms with Crippen LogP contribution >= 0.6 is 0 Å². The fraction of sp³-hybridized carbons (Fsp3) is 0.176. The van der Waals surface area contributed by atoms with Gasteiger partial charge in [0.1, 0.15) is 0 Å². The van der Waals surface area contributed by atoms with Gasteiger partial charge in [-0.2, -0.15) is 0 Å². The van der Waals surface area contributed by atoms with Crippen LogP contribution in [0.3, 0.4) is 0 Å². The summed E-state index contributed by atoms with van der Waals surface area (Å²) in [7, 11) is 0. The minimum Gasteiger partial charge on any atom is -0.310 e. The molecule has 0 heterocycles. The van der Waals surface area contributed by atoms with Crippen LogP contribution in [0, 0.1) is 0 Å². The fourth-order valence-electron chi connectivity index (χ4n) is 11.9. The number of benzene rings is 10. The van der Waals surface area contributed by atoms with Crippen LogP contribution < -0.4 is 9.80 Å². The van der Waals surface area contributed by atoms with Crippen LogP contribution in [-0.4, -0.2) is 0 Å². The highest BCUT2D eigenvalue weighted by Crippen LogP contribution is 2.66. The van der Waals surface area contributed by atoms with Gasteiger partial charge in [-0.1, -0.05) is 188 Å². The first kappa shape index (κ1) is 43.6. The zero-order valence-electron chi connectivity index (χ0n) is 41.5. The lowest BCUT2D eigenvalue weighted by molar-refractivity contribution is 0.802. The van der Waals surface area contributed by atoms with Gasteiger partial charge in [-0.15, -0.1) is 0 Å². The van der Waals surface area contributed by atoms with Crippen molar-refractivity contribution in [3.8, 4) is 22.3 Å². The Morgan fingerprint density at radius 2 is 0.829 bits per heavy atom. The fourth-order valence-corrected chi connectivity index (χ4v) is 11.9. The Hall–Kier alpha value is -7.68. The van der Waals surface area contributed by atoms with Crippen molar-refractivity contribution in [1.29, 1.82) is 0 Å². The molecular weight excluding hydrogens is 845 g/mol. The van der Waals surface area contributed by atoms with Crippen LogP contribution in [0.2, 0.25) is 0 Å². The van der Waals surface area contributed by atoms with E-state index in [-0.39, 0.29) is 0 Å². The minimum atomic E-state index is -0.587. The van der Waals surface area contributed by atoms with Crippen LogP contribution in [-0.2, 0) is 11.8 Å². The summed E-state index contributed by atoms with van der Waals surface area (Å²) in [6.45, 7) is 15.8. The van der Waals surface area contributed by atoms with Crippen LogP contribution in [0.25, 0.3) is 43.8 Å². The van der Waals surface area contributed by atoms with E-state index in [0.29, 0.717) is 17.8 Å². The first-order valence-electron chi connectivity index (χ1n) is 25.5. The Bertz CT molecular complexity index is 3500. The quantitative estimate of drug-likeness (QED) is 0.135. The molecule has 2 aliphatic rings. The maximum atomic E-state index is 2.57. The van der Waals surface area contributed by atoms with E-state index < -0.39 is 5.41 Å². The van der Waals surface area contributed by atoms with Crippen LogP contribution in [0.5, 0.6) is 0 Å². The highest BCUT2D eigenvalue weighted by Gasteiger charge is 2.53. The van der Waals surface area contributed by atoms with E-state index in [4.69, 9.17) is 0 Å². The average molecular weight is 905 g/mol. The molecule has 0 aromatic heterocycles. The van der Waals surface area contributed by atoms with E-state index in [0.717, 1.165) is 34.9 Å². The van der Waals surface area contributed by atoms with Gasteiger partial charge in [-0.25, -0.2) is 0 Å². The van der Waals surface area contributed by atoms with Gasteiger partial charge in [0.25, 0.3) is 0 Å². The Morgan fingerprint density at radius 1 is 0.371 bits per heavy atom. The molecule has 2 aliphatic carbocycles. The number of rotatable bonds is 10. The molecule has 0 aliphatic heterocycles. The van der Waals surface area contributed by atoms with Gasteiger partial charge in [0, 0.05) is 33.8 Å². The van der Waals surface area contributed by atoms with Gasteiger partial charge in [-0.3, -0.25) is 0 Å². The largest absolute Gasteiger partial charge is 0.310 e. The van der Waals surface area contributed by atoms with Crippen LogP contribution in [0.1, 0.15) is 111 Å². The van der Waals surface area contributed by atoms with E-state index in [9.17, 15) is 0 Å². The summed E-state index contributed by atoms with van der Waals surface area (Å²) in [5.41, 5.74) is 22.3. The van der Waals surface area contributed by atoms with Gasteiger partial charge >= 0.3 is 0 Å². The van der Waals surface area contributed by atoms with Crippen molar-refractivity contribution in [2.75, 3.05) is 9.80 Å². The Kier molecular flexibility index (Phi) is 10.6. The maximum Gasteiger partial charge on any atom is 0.0732 e. The van der Waals surface area contributed by atoms with Crippen molar-refractivity contribution in [3.05, 3.63) is 251 Å². The number of hydrogen-bond acceptors (Lipinski definition) is 2. The second-order valence-corrected chi connectivity index (χ2v) is 20.5. The normalized spacial score (nSPS) is 13.1. The molecule has 342 valence electrons. The van der Waals surface area contributed by atoms with Crippen molar-refractivity contribution in [1.82, 2.24) is 0 Å². The molecule has 0 saturated carbocycles. The molecule has 10 aromatic rings. The molecular formula is C68H60N2. The molecule has 0 unspecified atom stereocenters. The molecule has 10 aromatic carbocycles. The third-order valence-electron chi connectivity index (χ3n) is 15.6. The van der Waals surface area contributed by atoms with Gasteiger partial charge in [0.15, 0.2) is 0 Å². The summed E-state index contributed by atoms with van der Waals surface area (Å²) < 4.78 is 0. The molecule has 0 fully saturated rings. The highest BCUT2D eigenvalue weighted by atomic mass is 15.1. The molecule has 1 spiro atoms. The van der Waals surface area contributed by atoms with Gasteiger partial charge in [0.05, 0.1) is 11.1 Å². The first-order chi connectivity index (χ1) is 34.1. The molecule has 70 heavy (non-hydrogen) atoms. The predicted octanol–water partition coefficient (Wildman–Crippen LogP) is 19.2. The van der Waals surface area contributed by atoms with Crippen LogP contribution in [0.4, 0.5) is 34.1 Å². The van der Waals surface area contributed by atoms with Gasteiger partial charge in [-0.05, 0) is 174 Å². The van der Waals surface area contributed by atoms with Gasteiger partial charge in [0.2, 0.25) is 0 Å². The van der Waals surface area contributed by atoms with E-state index >= 15 is 0 Å². The van der Waals surface area contributed by atoms with E-state index in [2.05, 4.69) is 265 Å². The monoisotopic (exact) mass is 904 g/mol. The smallest absolute Gasteiger partial charge is 0.0732 e. The Labute approximate surface area is 414 Å². The SMILES string of the molecule is CCc1ccc(N(c2ccc(C(C)C)cc2)c2cc3c(c4ccccc24)-c2ccc4cc(N(c5ccc(C(C)C)cc5)c5ccc(C(C)C)cc5)ccc4c2C32c3ccccc3-c3ccccc32)cc1. The van der Waals surface area contributed by atoms with Gasteiger partial charge < -0.3 is 9.80 Å². The Morgan fingerprint density at radius 3 is 1.34 bits per heavy atom. The second kappa shape index (κ2) is 17.1. The zero-order valence-corrected chi connectivity index (χ0v) is 41.5. The number of nitrogens with zero attached hydrogens (tertiary/aromatic N) is 2. The third kappa shape index (κ3) is 6.75. The zero-order chi connectivity index (χ0) is 47.8. The summed E-state index contributed by atoms with van der Waals surface area (Å²) in [4.78, 5) is 4.94. The van der Waals surface area contributed by atoms with E-state index in [1.807, 2.05) is 0 Å². The topological polar surface area (TPSA) is 6.48 Å². The highest BCUT2D eigenvalue weighted by molar-refractivity contribution is 6.15. The van der Waals surface area contributed by atoms with Crippen molar-refractivity contribution < 1.29 is 0 Å². The first-order valence-corrected chi connectivity index (χ1v) is 25.5. The van der Waals surface area contributed by atoms with Crippen molar-refractivity contribution in [2.45, 2.75) is 78.1 Å². The standard InChI is InChI=1S/C68H60N2/c1-8-46-21-30-53(31-22-46)70(54-36-27-49(28-37-54)45(6)7)65-42-64-66(60-18-10-9-17-59(60)65)61-39-29-50-41-55(69(51-32-23-47(24-33-51)43(2)3)52-34-25-48(26-35-52)44(4)5)38-40-56(50)67(61)68(64)62-19-13-11-15-57(62)58-16-12-14-20-63(58)68/h9-45H,8H2,1-7H3. The molecule has 0 N–H and O–H groups in total. The molecule has 12 rings (SSSR count). The third-order valence-corrected chi connectivity index (χ3v) is 15.6. The predicted molar refractivity (Wildman–Crippen MR) is 299 cm³/mol. The summed E-state index contributed by atoms with van der Waals surface area (Å²) in [6.07, 6.45) is 0.995. The van der Waals surface area contributed by atoms with Crippen molar-refractivity contribution >= 4 is 55.7 Å². The molecule has 0 bridgehead atoms. The molecule has 0 amide bonds. The molecule has 2 nitrogen and oxygen atoms in total.